The van der Waals surface area contributed by atoms with Gasteiger partial charge in [-0.1, -0.05) is 35.9 Å². The molecule has 0 aliphatic rings. The Balaban J connectivity index is 1.63. The van der Waals surface area contributed by atoms with Crippen LogP contribution in [0.25, 0.3) is 0 Å². The molecular formula is C22H22N2O2. The number of aryl methyl sites for hydroxylation is 1. The summed E-state index contributed by atoms with van der Waals surface area (Å²) < 4.78 is 5.84. The van der Waals surface area contributed by atoms with Crippen LogP contribution in [0.5, 0.6) is 5.75 Å². The smallest absolute Gasteiger partial charge is 0.251 e. The predicted molar refractivity (Wildman–Crippen MR) is 102 cm³/mol. The van der Waals surface area contributed by atoms with Crippen LogP contribution in [0.1, 0.15) is 40.0 Å². The molecule has 0 aliphatic carbocycles. The van der Waals surface area contributed by atoms with Crippen LogP contribution in [0.3, 0.4) is 0 Å². The Morgan fingerprint density at radius 2 is 1.85 bits per heavy atom. The summed E-state index contributed by atoms with van der Waals surface area (Å²) in [6.07, 6.45) is 3.44. The molecule has 0 bridgehead atoms. The number of amides is 1. The fourth-order valence-corrected chi connectivity index (χ4v) is 2.71. The molecular weight excluding hydrogens is 324 g/mol. The van der Waals surface area contributed by atoms with Crippen molar-refractivity contribution in [3.05, 3.63) is 95.3 Å². The molecule has 0 spiro atoms. The van der Waals surface area contributed by atoms with E-state index in [2.05, 4.69) is 29.4 Å². The fourth-order valence-electron chi connectivity index (χ4n) is 2.71. The summed E-state index contributed by atoms with van der Waals surface area (Å²) in [5, 5.41) is 3.00. The Hall–Kier alpha value is -3.14. The molecule has 3 aromatic rings. The van der Waals surface area contributed by atoms with E-state index in [0.717, 1.165) is 11.1 Å². The molecule has 0 aliphatic heterocycles. The number of hydrogen-bond donors (Lipinski definition) is 1. The van der Waals surface area contributed by atoms with E-state index in [1.165, 1.54) is 5.56 Å². The Labute approximate surface area is 153 Å². The lowest BCUT2D eigenvalue weighted by Crippen LogP contribution is -2.26. The van der Waals surface area contributed by atoms with Crippen molar-refractivity contribution in [1.29, 1.82) is 0 Å². The molecule has 1 N–H and O–H groups in total. The van der Waals surface area contributed by atoms with Crippen molar-refractivity contribution in [2.75, 3.05) is 0 Å². The van der Waals surface area contributed by atoms with Crippen molar-refractivity contribution in [2.45, 2.75) is 26.5 Å². The Kier molecular flexibility index (Phi) is 5.64. The second-order valence-corrected chi connectivity index (χ2v) is 6.28. The van der Waals surface area contributed by atoms with Gasteiger partial charge in [-0.3, -0.25) is 9.78 Å². The first-order valence-corrected chi connectivity index (χ1v) is 8.61. The molecule has 4 nitrogen and oxygen atoms in total. The second-order valence-electron chi connectivity index (χ2n) is 6.28. The molecule has 1 aromatic heterocycles. The average Bonchev–Trinajstić information content (AvgIpc) is 2.67. The molecule has 1 atom stereocenters. The summed E-state index contributed by atoms with van der Waals surface area (Å²) in [4.78, 5) is 16.5. The quantitative estimate of drug-likeness (QED) is 0.717. The van der Waals surface area contributed by atoms with Gasteiger partial charge in [0.25, 0.3) is 5.91 Å². The standard InChI is InChI=1S/C22H22N2O2/c1-16-5-3-6-18(13-16)15-26-21-8-4-7-20(14-21)22(25)24-17(2)19-9-11-23-12-10-19/h3-14,17H,15H2,1-2H3,(H,24,25). The van der Waals surface area contributed by atoms with E-state index in [-0.39, 0.29) is 11.9 Å². The summed E-state index contributed by atoms with van der Waals surface area (Å²) in [6, 6.07) is 19.1. The highest BCUT2D eigenvalue weighted by molar-refractivity contribution is 5.94. The number of carbonyl (C=O) groups excluding carboxylic acids is 1. The highest BCUT2D eigenvalue weighted by Gasteiger charge is 2.12. The van der Waals surface area contributed by atoms with Crippen LogP contribution >= 0.6 is 0 Å². The van der Waals surface area contributed by atoms with Gasteiger partial charge >= 0.3 is 0 Å². The summed E-state index contributed by atoms with van der Waals surface area (Å²) >= 11 is 0. The van der Waals surface area contributed by atoms with Gasteiger partial charge < -0.3 is 10.1 Å². The maximum Gasteiger partial charge on any atom is 0.251 e. The Morgan fingerprint density at radius 3 is 2.62 bits per heavy atom. The van der Waals surface area contributed by atoms with E-state index in [1.807, 2.05) is 43.3 Å². The first-order valence-electron chi connectivity index (χ1n) is 8.61. The van der Waals surface area contributed by atoms with Crippen molar-refractivity contribution < 1.29 is 9.53 Å². The number of ether oxygens (including phenoxy) is 1. The summed E-state index contributed by atoms with van der Waals surface area (Å²) in [7, 11) is 0. The number of hydrogen-bond acceptors (Lipinski definition) is 3. The number of aromatic nitrogens is 1. The zero-order chi connectivity index (χ0) is 18.4. The van der Waals surface area contributed by atoms with E-state index >= 15 is 0 Å². The van der Waals surface area contributed by atoms with Crippen LogP contribution in [0, 0.1) is 6.92 Å². The van der Waals surface area contributed by atoms with Gasteiger partial charge in [-0.25, -0.2) is 0 Å². The van der Waals surface area contributed by atoms with Crippen LogP contribution in [0.15, 0.2) is 73.1 Å². The van der Waals surface area contributed by atoms with Crippen molar-refractivity contribution in [1.82, 2.24) is 10.3 Å². The third-order valence-corrected chi connectivity index (χ3v) is 4.14. The van der Waals surface area contributed by atoms with E-state index in [1.54, 1.807) is 24.5 Å². The van der Waals surface area contributed by atoms with E-state index < -0.39 is 0 Å². The highest BCUT2D eigenvalue weighted by Crippen LogP contribution is 2.17. The van der Waals surface area contributed by atoms with Crippen LogP contribution in [-0.2, 0) is 6.61 Å². The van der Waals surface area contributed by atoms with Crippen LogP contribution < -0.4 is 10.1 Å². The van der Waals surface area contributed by atoms with E-state index in [9.17, 15) is 4.79 Å². The monoisotopic (exact) mass is 346 g/mol. The minimum absolute atomic E-state index is 0.0950. The van der Waals surface area contributed by atoms with Gasteiger partial charge in [0.15, 0.2) is 0 Å². The van der Waals surface area contributed by atoms with Gasteiger partial charge in [-0.15, -0.1) is 0 Å². The van der Waals surface area contributed by atoms with Crippen LogP contribution in [0.2, 0.25) is 0 Å². The van der Waals surface area contributed by atoms with E-state index in [4.69, 9.17) is 4.74 Å². The maximum absolute atomic E-state index is 12.5. The predicted octanol–water partition coefficient (Wildman–Crippen LogP) is 4.46. The van der Waals surface area contributed by atoms with Gasteiger partial charge in [0.05, 0.1) is 6.04 Å². The number of nitrogens with zero attached hydrogens (tertiary/aromatic N) is 1. The first kappa shape index (κ1) is 17.7. The molecule has 26 heavy (non-hydrogen) atoms. The number of nitrogens with one attached hydrogen (secondary N) is 1. The molecule has 1 amide bonds. The largest absolute Gasteiger partial charge is 0.489 e. The number of carbonyl (C=O) groups is 1. The third-order valence-electron chi connectivity index (χ3n) is 4.14. The van der Waals surface area contributed by atoms with Gasteiger partial charge in [0, 0.05) is 18.0 Å². The maximum atomic E-state index is 12.5. The lowest BCUT2D eigenvalue weighted by Gasteiger charge is -2.14. The lowest BCUT2D eigenvalue weighted by molar-refractivity contribution is 0.0939. The topological polar surface area (TPSA) is 51.2 Å². The Bertz CT molecular complexity index is 878. The van der Waals surface area contributed by atoms with Crippen molar-refractivity contribution in [2.24, 2.45) is 0 Å². The molecule has 2 aromatic carbocycles. The molecule has 1 unspecified atom stereocenters. The van der Waals surface area contributed by atoms with Crippen molar-refractivity contribution in [3.8, 4) is 5.75 Å². The molecule has 4 heteroatoms. The number of rotatable bonds is 6. The van der Waals surface area contributed by atoms with Crippen LogP contribution in [-0.4, -0.2) is 10.9 Å². The molecule has 1 heterocycles. The number of benzene rings is 2. The summed E-state index contributed by atoms with van der Waals surface area (Å²) in [5.41, 5.74) is 3.89. The minimum Gasteiger partial charge on any atom is -0.489 e. The minimum atomic E-state index is -0.129. The van der Waals surface area contributed by atoms with Gasteiger partial charge in [0.2, 0.25) is 0 Å². The molecule has 3 rings (SSSR count). The zero-order valence-corrected chi connectivity index (χ0v) is 15.0. The molecule has 0 saturated carbocycles. The van der Waals surface area contributed by atoms with Crippen LogP contribution in [0.4, 0.5) is 0 Å². The summed E-state index contributed by atoms with van der Waals surface area (Å²) in [6.45, 7) is 4.48. The van der Waals surface area contributed by atoms with Gasteiger partial charge in [0.1, 0.15) is 12.4 Å². The molecule has 0 radical (unpaired) electrons. The fraction of sp³-hybridized carbons (Fsp3) is 0.182. The van der Waals surface area contributed by atoms with Gasteiger partial charge in [-0.2, -0.15) is 0 Å². The Morgan fingerprint density at radius 1 is 1.08 bits per heavy atom. The highest BCUT2D eigenvalue weighted by atomic mass is 16.5. The second kappa shape index (κ2) is 8.30. The normalized spacial score (nSPS) is 11.6. The SMILES string of the molecule is Cc1cccc(COc2cccc(C(=O)NC(C)c3ccncc3)c2)c1. The number of pyridine rings is 1. The van der Waals surface area contributed by atoms with E-state index in [0.29, 0.717) is 17.9 Å². The average molecular weight is 346 g/mol. The molecule has 0 saturated heterocycles. The molecule has 132 valence electrons. The van der Waals surface area contributed by atoms with Gasteiger partial charge in [-0.05, 0) is 55.3 Å². The first-order chi connectivity index (χ1) is 12.6. The molecule has 0 fully saturated rings. The zero-order valence-electron chi connectivity index (χ0n) is 15.0. The third kappa shape index (κ3) is 4.70. The summed E-state index contributed by atoms with van der Waals surface area (Å²) in [5.74, 6) is 0.547. The van der Waals surface area contributed by atoms with Crippen molar-refractivity contribution >= 4 is 5.91 Å². The lowest BCUT2D eigenvalue weighted by atomic mass is 10.1. The van der Waals surface area contributed by atoms with Crippen molar-refractivity contribution in [3.63, 3.8) is 0 Å².